The van der Waals surface area contributed by atoms with Crippen molar-refractivity contribution in [3.63, 3.8) is 0 Å². The fourth-order valence-electron chi connectivity index (χ4n) is 2.78. The molecule has 0 spiro atoms. The fraction of sp³-hybridized carbons (Fsp3) is 0.417. The fourth-order valence-corrected chi connectivity index (χ4v) is 4.03. The summed E-state index contributed by atoms with van der Waals surface area (Å²) in [4.78, 5) is 21.7. The summed E-state index contributed by atoms with van der Waals surface area (Å²) in [6.07, 6.45) is 3.27. The summed E-state index contributed by atoms with van der Waals surface area (Å²) in [5.74, 6) is -1.22. The minimum atomic E-state index is -1.67. The molecule has 0 fully saturated rings. The quantitative estimate of drug-likeness (QED) is 0.285. The van der Waals surface area contributed by atoms with Crippen molar-refractivity contribution in [1.82, 2.24) is 0 Å². The molecule has 0 bridgehead atoms. The Labute approximate surface area is 235 Å². The molecule has 2 rings (SSSR count). The molecule has 0 aliphatic heterocycles. The van der Waals surface area contributed by atoms with Crippen LogP contribution in [0.1, 0.15) is 49.9 Å². The molecule has 0 aliphatic rings. The van der Waals surface area contributed by atoms with Crippen LogP contribution in [0.2, 0.25) is 0 Å². The normalized spacial score (nSPS) is 12.1. The molecule has 2 aromatic rings. The molecule has 0 saturated carbocycles. The first-order valence-corrected chi connectivity index (χ1v) is 15.3. The van der Waals surface area contributed by atoms with Gasteiger partial charge in [-0.25, -0.2) is 4.21 Å². The van der Waals surface area contributed by atoms with Gasteiger partial charge in [0.15, 0.2) is 0 Å². The number of carboxylic acid groups (broad SMARTS) is 1. The third kappa shape index (κ3) is 14.2. The molecule has 4 nitrogen and oxygen atoms in total. The summed E-state index contributed by atoms with van der Waals surface area (Å²) in [7, 11) is 7.36. The van der Waals surface area contributed by atoms with Crippen molar-refractivity contribution in [2.75, 3.05) is 0 Å². The molecular weight excluding hydrogens is 650 g/mol. The second-order valence-corrected chi connectivity index (χ2v) is 12.2. The number of benzene rings is 2. The average molecular weight is 680 g/mol. The molecule has 0 saturated heterocycles. The summed E-state index contributed by atoms with van der Waals surface area (Å²) in [5, 5.41) is 8.54. The van der Waals surface area contributed by atoms with E-state index in [0.29, 0.717) is 12.8 Å². The van der Waals surface area contributed by atoms with E-state index in [0.717, 1.165) is 32.9 Å². The molecule has 0 amide bonds. The predicted molar refractivity (Wildman–Crippen MR) is 151 cm³/mol. The summed E-state index contributed by atoms with van der Waals surface area (Å²) in [6, 6.07) is 12.4. The van der Waals surface area contributed by atoms with Crippen LogP contribution in [0.3, 0.4) is 0 Å². The molecule has 34 heavy (non-hydrogen) atoms. The lowest BCUT2D eigenvalue weighted by molar-refractivity contribution is -0.141. The summed E-state index contributed by atoms with van der Waals surface area (Å²) < 4.78 is 11.2. The molecule has 0 heterocycles. The highest BCUT2D eigenvalue weighted by molar-refractivity contribution is 9.10. The number of carboxylic acids is 1. The van der Waals surface area contributed by atoms with Gasteiger partial charge in [-0.15, -0.1) is 0 Å². The van der Waals surface area contributed by atoms with Crippen molar-refractivity contribution < 1.29 is 18.9 Å². The minimum Gasteiger partial charge on any atom is -0.481 e. The number of hydrogen-bond acceptors (Lipinski definition) is 3. The van der Waals surface area contributed by atoms with Crippen LogP contribution in [0.4, 0.5) is 0 Å². The van der Waals surface area contributed by atoms with Gasteiger partial charge < -0.3 is 5.11 Å². The van der Waals surface area contributed by atoms with Crippen molar-refractivity contribution in [3.8, 4) is 0 Å². The van der Waals surface area contributed by atoms with E-state index in [9.17, 15) is 9.59 Å². The van der Waals surface area contributed by atoms with Crippen LogP contribution in [0.15, 0.2) is 45.3 Å². The van der Waals surface area contributed by atoms with Gasteiger partial charge in [-0.1, -0.05) is 83.8 Å². The molecule has 0 aromatic heterocycles. The first-order chi connectivity index (χ1) is 15.8. The number of carbonyl (C=O) groups excluding carboxylic acids is 1. The van der Waals surface area contributed by atoms with Gasteiger partial charge in [0.2, 0.25) is 14.5 Å². The van der Waals surface area contributed by atoms with E-state index in [1.165, 1.54) is 11.1 Å². The van der Waals surface area contributed by atoms with Crippen molar-refractivity contribution in [1.29, 1.82) is 0 Å². The highest BCUT2D eigenvalue weighted by Gasteiger charge is 2.14. The highest BCUT2D eigenvalue weighted by Crippen LogP contribution is 2.23. The van der Waals surface area contributed by atoms with E-state index >= 15 is 0 Å². The molecule has 2 aromatic carbocycles. The van der Waals surface area contributed by atoms with Crippen LogP contribution in [0.5, 0.6) is 0 Å². The molecule has 10 heteroatoms. The van der Waals surface area contributed by atoms with Crippen molar-refractivity contribution >= 4 is 85.3 Å². The van der Waals surface area contributed by atoms with Gasteiger partial charge in [0.05, 0.1) is 5.92 Å². The van der Waals surface area contributed by atoms with Gasteiger partial charge in [-0.2, -0.15) is 0 Å². The monoisotopic (exact) mass is 676 g/mol. The number of rotatable bonds is 8. The minimum absolute atomic E-state index is 0.129. The zero-order chi connectivity index (χ0) is 26.4. The highest BCUT2D eigenvalue weighted by atomic mass is 79.9. The van der Waals surface area contributed by atoms with E-state index in [4.69, 9.17) is 20.9 Å². The third-order valence-corrected chi connectivity index (χ3v) is 6.76. The van der Waals surface area contributed by atoms with Crippen LogP contribution in [0.25, 0.3) is 0 Å². The van der Waals surface area contributed by atoms with Gasteiger partial charge in [-0.3, -0.25) is 9.59 Å². The number of carbonyl (C=O) groups is 2. The second kappa shape index (κ2) is 17.9. The maximum absolute atomic E-state index is 10.9. The Morgan fingerprint density at radius 3 is 1.50 bits per heavy atom. The largest absolute Gasteiger partial charge is 0.481 e. The Bertz CT molecular complexity index is 898. The summed E-state index contributed by atoms with van der Waals surface area (Å²) >= 11 is 12.4. The van der Waals surface area contributed by atoms with Gasteiger partial charge in [-0.05, 0) is 71.7 Å². The van der Waals surface area contributed by atoms with Gasteiger partial charge in [0.1, 0.15) is 0 Å². The Morgan fingerprint density at radius 2 is 1.24 bits per heavy atom. The standard InChI is InChI=1S/C12H14BrClO.C12H15BrO2.Cl2OS/c2*1-3-9-4-5-10(11(13)7-9)6-8(2)12(14)15;1-4(2)3/h4-5,7-8H,3,6H2,1-2H3;4-5,7-8H,3,6H2,1-2H3,(H,14,15);. The third-order valence-electron chi connectivity index (χ3n) is 4.91. The molecule has 2 unspecified atom stereocenters. The number of aryl methyl sites for hydroxylation is 2. The lowest BCUT2D eigenvalue weighted by Crippen LogP contribution is -2.12. The smallest absolute Gasteiger partial charge is 0.306 e. The van der Waals surface area contributed by atoms with Crippen molar-refractivity contribution in [2.24, 2.45) is 11.8 Å². The topological polar surface area (TPSA) is 71.4 Å². The SMILES string of the molecule is CCc1ccc(CC(C)C(=O)Cl)c(Br)c1.CCc1ccc(CC(C)C(=O)O)c(Br)c1.O=S(Cl)Cl. The summed E-state index contributed by atoms with van der Waals surface area (Å²) in [6.45, 7) is 7.78. The maximum atomic E-state index is 10.9. The van der Waals surface area contributed by atoms with Gasteiger partial charge >= 0.3 is 5.97 Å². The Balaban J connectivity index is 0.000000554. The van der Waals surface area contributed by atoms with Crippen LogP contribution in [0, 0.1) is 11.8 Å². The Kier molecular flexibility index (Phi) is 17.7. The van der Waals surface area contributed by atoms with E-state index in [1.54, 1.807) is 6.92 Å². The van der Waals surface area contributed by atoms with E-state index in [2.05, 4.69) is 97.4 Å². The van der Waals surface area contributed by atoms with Crippen LogP contribution < -0.4 is 0 Å². The average Bonchev–Trinajstić information content (AvgIpc) is 2.76. The number of aliphatic carboxylic acids is 1. The molecule has 190 valence electrons. The van der Waals surface area contributed by atoms with E-state index < -0.39 is 15.2 Å². The summed E-state index contributed by atoms with van der Waals surface area (Å²) in [5.41, 5.74) is 4.74. The maximum Gasteiger partial charge on any atom is 0.306 e. The zero-order valence-electron chi connectivity index (χ0n) is 19.4. The molecule has 0 aliphatic carbocycles. The lowest BCUT2D eigenvalue weighted by Gasteiger charge is -2.09. The van der Waals surface area contributed by atoms with Crippen molar-refractivity contribution in [2.45, 2.75) is 53.4 Å². The Hall–Kier alpha value is -0.440. The van der Waals surface area contributed by atoms with Crippen molar-refractivity contribution in [3.05, 3.63) is 67.6 Å². The molecule has 0 radical (unpaired) electrons. The predicted octanol–water partition coefficient (Wildman–Crippen LogP) is 8.27. The van der Waals surface area contributed by atoms with Crippen LogP contribution in [-0.4, -0.2) is 20.5 Å². The van der Waals surface area contributed by atoms with E-state index in [-0.39, 0.29) is 17.1 Å². The second-order valence-electron chi connectivity index (χ2n) is 7.60. The van der Waals surface area contributed by atoms with Crippen LogP contribution in [-0.2, 0) is 44.5 Å². The van der Waals surface area contributed by atoms with Gasteiger partial charge in [0, 0.05) is 36.2 Å². The van der Waals surface area contributed by atoms with E-state index in [1.807, 2.05) is 13.0 Å². The first kappa shape index (κ1) is 33.6. The van der Waals surface area contributed by atoms with Gasteiger partial charge in [0.25, 0.3) is 0 Å². The lowest BCUT2D eigenvalue weighted by atomic mass is 10.00. The molecule has 1 N–H and O–H groups in total. The Morgan fingerprint density at radius 1 is 0.882 bits per heavy atom. The number of halogens is 5. The first-order valence-electron chi connectivity index (χ1n) is 10.5. The number of hydrogen-bond donors (Lipinski definition) is 1. The zero-order valence-corrected chi connectivity index (χ0v) is 25.7. The molecule has 2 atom stereocenters. The van der Waals surface area contributed by atoms with Crippen LogP contribution >= 0.6 is 64.8 Å². The molecular formula is C24H29Br2Cl3O4S.